The fraction of sp³-hybridized carbons (Fsp3) is 0.188. The normalized spacial score (nSPS) is 9.95. The van der Waals surface area contributed by atoms with E-state index in [0.717, 1.165) is 16.9 Å². The van der Waals surface area contributed by atoms with Crippen LogP contribution in [0.3, 0.4) is 0 Å². The summed E-state index contributed by atoms with van der Waals surface area (Å²) in [6.07, 6.45) is 0. The predicted molar refractivity (Wildman–Crippen MR) is 79.6 cm³/mol. The summed E-state index contributed by atoms with van der Waals surface area (Å²) in [6, 6.07) is 16.7. The van der Waals surface area contributed by atoms with Crippen molar-refractivity contribution in [1.82, 2.24) is 10.8 Å². The highest BCUT2D eigenvalue weighted by molar-refractivity contribution is 5.72. The Labute approximate surface area is 123 Å². The molecule has 0 aliphatic carbocycles. The third kappa shape index (κ3) is 4.81. The Balaban J connectivity index is 1.72. The number of hydroxylamine groups is 1. The van der Waals surface area contributed by atoms with Gasteiger partial charge in [-0.15, -0.1) is 0 Å². The molecule has 0 spiro atoms. The molecule has 0 saturated heterocycles. The maximum Gasteiger partial charge on any atom is 0.338 e. The molecule has 0 aromatic heterocycles. The number of ether oxygens (including phenoxy) is 1. The smallest absolute Gasteiger partial charge is 0.338 e. The van der Waals surface area contributed by atoms with Gasteiger partial charge in [0, 0.05) is 12.1 Å². The van der Waals surface area contributed by atoms with Gasteiger partial charge in [-0.25, -0.2) is 10.3 Å². The van der Waals surface area contributed by atoms with E-state index in [2.05, 4.69) is 10.8 Å². The third-order valence-corrected chi connectivity index (χ3v) is 2.88. The van der Waals surface area contributed by atoms with Gasteiger partial charge in [-0.1, -0.05) is 48.5 Å². The van der Waals surface area contributed by atoms with E-state index in [9.17, 15) is 4.79 Å². The van der Waals surface area contributed by atoms with Crippen LogP contribution in [-0.2, 0) is 18.0 Å². The van der Waals surface area contributed by atoms with Crippen LogP contribution in [0.4, 0.5) is 4.79 Å². The lowest BCUT2D eigenvalue weighted by molar-refractivity contribution is 0.0489. The number of benzene rings is 2. The highest BCUT2D eigenvalue weighted by atomic mass is 16.7. The zero-order valence-electron chi connectivity index (χ0n) is 11.8. The van der Waals surface area contributed by atoms with Crippen molar-refractivity contribution in [3.63, 3.8) is 0 Å². The Morgan fingerprint density at radius 3 is 2.52 bits per heavy atom. The molecule has 2 aromatic carbocycles. The molecule has 0 bridgehead atoms. The van der Waals surface area contributed by atoms with Crippen molar-refractivity contribution in [2.45, 2.75) is 13.2 Å². The summed E-state index contributed by atoms with van der Waals surface area (Å²) >= 11 is 0. The van der Waals surface area contributed by atoms with E-state index in [-0.39, 0.29) is 0 Å². The molecule has 0 aliphatic heterocycles. The second kappa shape index (κ2) is 7.91. The van der Waals surface area contributed by atoms with Gasteiger partial charge in [-0.2, -0.15) is 0 Å². The lowest BCUT2D eigenvalue weighted by Crippen LogP contribution is -2.35. The molecule has 0 atom stereocenters. The molecule has 2 aromatic rings. The van der Waals surface area contributed by atoms with Gasteiger partial charge in [0.2, 0.25) is 0 Å². The first-order valence-corrected chi connectivity index (χ1v) is 6.61. The minimum absolute atomic E-state index is 0.322. The molecule has 0 aliphatic rings. The molecule has 110 valence electrons. The van der Waals surface area contributed by atoms with Crippen LogP contribution in [0.5, 0.6) is 5.75 Å². The predicted octanol–water partition coefficient (Wildman–Crippen LogP) is 2.63. The summed E-state index contributed by atoms with van der Waals surface area (Å²) in [5.41, 5.74) is 4.24. The molecule has 2 rings (SSSR count). The maximum atomic E-state index is 11.6. The monoisotopic (exact) mass is 286 g/mol. The number of para-hydroxylation sites is 1. The van der Waals surface area contributed by atoms with Crippen LogP contribution in [0.25, 0.3) is 0 Å². The van der Waals surface area contributed by atoms with Crippen LogP contribution in [0.2, 0.25) is 0 Å². The van der Waals surface area contributed by atoms with Crippen LogP contribution in [0.1, 0.15) is 11.1 Å². The summed E-state index contributed by atoms with van der Waals surface area (Å²) in [5, 5.41) is 2.70. The number of rotatable bonds is 6. The van der Waals surface area contributed by atoms with E-state index in [1.54, 1.807) is 7.11 Å². The summed E-state index contributed by atoms with van der Waals surface area (Å²) in [6.45, 7) is 0.688. The quantitative estimate of drug-likeness (QED) is 0.803. The molecule has 2 amide bonds. The van der Waals surface area contributed by atoms with Gasteiger partial charge in [-0.3, -0.25) is 4.84 Å². The number of amides is 2. The van der Waals surface area contributed by atoms with Crippen molar-refractivity contribution in [3.05, 3.63) is 65.7 Å². The Morgan fingerprint density at radius 1 is 1.05 bits per heavy atom. The van der Waals surface area contributed by atoms with E-state index in [4.69, 9.17) is 9.57 Å². The third-order valence-electron chi connectivity index (χ3n) is 2.88. The molecule has 0 unspecified atom stereocenters. The lowest BCUT2D eigenvalue weighted by Gasteiger charge is -2.10. The number of hydrogen-bond acceptors (Lipinski definition) is 3. The second-order valence-electron chi connectivity index (χ2n) is 4.37. The SMILES string of the molecule is COc1ccccc1CNC(=O)NOCc1ccccc1. The van der Waals surface area contributed by atoms with Gasteiger partial charge in [0.1, 0.15) is 5.75 Å². The molecular formula is C16H18N2O3. The molecule has 5 heteroatoms. The van der Waals surface area contributed by atoms with E-state index in [1.807, 2.05) is 54.6 Å². The summed E-state index contributed by atoms with van der Waals surface area (Å²) in [4.78, 5) is 16.8. The van der Waals surface area contributed by atoms with Crippen LogP contribution in [0.15, 0.2) is 54.6 Å². The summed E-state index contributed by atoms with van der Waals surface area (Å²) in [5.74, 6) is 0.739. The number of nitrogens with one attached hydrogen (secondary N) is 2. The van der Waals surface area contributed by atoms with Crippen LogP contribution in [0, 0.1) is 0 Å². The first-order chi connectivity index (χ1) is 10.3. The van der Waals surface area contributed by atoms with Crippen molar-refractivity contribution in [1.29, 1.82) is 0 Å². The largest absolute Gasteiger partial charge is 0.496 e. The topological polar surface area (TPSA) is 59.6 Å². The molecule has 21 heavy (non-hydrogen) atoms. The summed E-state index contributed by atoms with van der Waals surface area (Å²) in [7, 11) is 1.60. The maximum absolute atomic E-state index is 11.6. The van der Waals surface area contributed by atoms with E-state index in [1.165, 1.54) is 0 Å². The Morgan fingerprint density at radius 2 is 1.76 bits per heavy atom. The van der Waals surface area contributed by atoms with Gasteiger partial charge < -0.3 is 10.1 Å². The average molecular weight is 286 g/mol. The highest BCUT2D eigenvalue weighted by Gasteiger charge is 2.04. The highest BCUT2D eigenvalue weighted by Crippen LogP contribution is 2.16. The molecule has 5 nitrogen and oxygen atoms in total. The minimum atomic E-state index is -0.392. The van der Waals surface area contributed by atoms with E-state index >= 15 is 0 Å². The number of carbonyl (C=O) groups is 1. The fourth-order valence-corrected chi connectivity index (χ4v) is 1.82. The zero-order chi connectivity index (χ0) is 14.9. The minimum Gasteiger partial charge on any atom is -0.496 e. The number of hydrogen-bond donors (Lipinski definition) is 2. The van der Waals surface area contributed by atoms with E-state index in [0.29, 0.717) is 13.2 Å². The second-order valence-corrected chi connectivity index (χ2v) is 4.37. The Bertz CT molecular complexity index is 573. The number of urea groups is 1. The molecular weight excluding hydrogens is 268 g/mol. The number of methoxy groups -OCH3 is 1. The van der Waals surface area contributed by atoms with Crippen molar-refractivity contribution < 1.29 is 14.4 Å². The van der Waals surface area contributed by atoms with Gasteiger partial charge in [0.15, 0.2) is 0 Å². The van der Waals surface area contributed by atoms with Crippen molar-refractivity contribution in [2.75, 3.05) is 7.11 Å². The average Bonchev–Trinajstić information content (AvgIpc) is 2.54. The first-order valence-electron chi connectivity index (χ1n) is 6.61. The van der Waals surface area contributed by atoms with Gasteiger partial charge in [0.25, 0.3) is 0 Å². The van der Waals surface area contributed by atoms with Crippen molar-refractivity contribution in [2.24, 2.45) is 0 Å². The molecule has 2 N–H and O–H groups in total. The summed E-state index contributed by atoms with van der Waals surface area (Å²) < 4.78 is 5.21. The van der Waals surface area contributed by atoms with Crippen LogP contribution >= 0.6 is 0 Å². The van der Waals surface area contributed by atoms with Crippen molar-refractivity contribution >= 4 is 6.03 Å². The van der Waals surface area contributed by atoms with Gasteiger partial charge in [0.05, 0.1) is 13.7 Å². The molecule has 0 fully saturated rings. The Kier molecular flexibility index (Phi) is 5.60. The van der Waals surface area contributed by atoms with Gasteiger partial charge in [-0.05, 0) is 11.6 Å². The molecule has 0 heterocycles. The Hall–Kier alpha value is -2.53. The number of carbonyl (C=O) groups excluding carboxylic acids is 1. The van der Waals surface area contributed by atoms with Crippen LogP contribution < -0.4 is 15.5 Å². The van der Waals surface area contributed by atoms with Gasteiger partial charge >= 0.3 is 6.03 Å². The van der Waals surface area contributed by atoms with E-state index < -0.39 is 6.03 Å². The standard InChI is InChI=1S/C16H18N2O3/c1-20-15-10-6-5-9-14(15)11-17-16(19)18-21-12-13-7-3-2-4-8-13/h2-10H,11-12H2,1H3,(H2,17,18,19). The molecule has 0 radical (unpaired) electrons. The fourth-order valence-electron chi connectivity index (χ4n) is 1.82. The molecule has 0 saturated carbocycles. The first kappa shape index (κ1) is 14.9. The zero-order valence-corrected chi connectivity index (χ0v) is 11.8. The lowest BCUT2D eigenvalue weighted by atomic mass is 10.2. The van der Waals surface area contributed by atoms with Crippen molar-refractivity contribution in [3.8, 4) is 5.75 Å². The van der Waals surface area contributed by atoms with Crippen LogP contribution in [-0.4, -0.2) is 13.1 Å².